The minimum absolute atomic E-state index is 0.331. The van der Waals surface area contributed by atoms with Crippen LogP contribution in [0.4, 0.5) is 15.8 Å². The van der Waals surface area contributed by atoms with Gasteiger partial charge in [-0.15, -0.1) is 0 Å². The third-order valence-electron chi connectivity index (χ3n) is 2.91. The molecular weight excluding hydrogens is 287 g/mol. The number of carbonyl (C=O) groups is 2. The van der Waals surface area contributed by atoms with Gasteiger partial charge in [0.25, 0.3) is 0 Å². The van der Waals surface area contributed by atoms with Crippen LogP contribution in [-0.4, -0.2) is 18.9 Å². The van der Waals surface area contributed by atoms with Crippen LogP contribution < -0.4 is 15.4 Å². The molecule has 2 rings (SSSR count). The van der Waals surface area contributed by atoms with Gasteiger partial charge in [0.15, 0.2) is 0 Å². The monoisotopic (exact) mass is 302 g/mol. The second-order valence-corrected chi connectivity index (χ2v) is 4.62. The molecule has 2 N–H and O–H groups in total. The van der Waals surface area contributed by atoms with Gasteiger partial charge >= 0.3 is 11.8 Å². The number of anilines is 2. The lowest BCUT2D eigenvalue weighted by atomic mass is 10.2. The standard InChI is InChI=1S/C16H15FN2O3/c1-10-3-8-14(22-2)13(9-10)19-16(21)15(20)18-12-6-4-11(17)5-7-12/h3-9H,1-2H3,(H,18,20)(H,19,21). The molecule has 6 heteroatoms. The first kappa shape index (κ1) is 15.5. The highest BCUT2D eigenvalue weighted by Gasteiger charge is 2.16. The average molecular weight is 302 g/mol. The van der Waals surface area contributed by atoms with Crippen LogP contribution in [0.2, 0.25) is 0 Å². The van der Waals surface area contributed by atoms with Crippen molar-refractivity contribution in [2.75, 3.05) is 17.7 Å². The second-order valence-electron chi connectivity index (χ2n) is 4.62. The largest absolute Gasteiger partial charge is 0.495 e. The van der Waals surface area contributed by atoms with Crippen LogP contribution in [0.1, 0.15) is 5.56 Å². The molecule has 114 valence electrons. The first-order chi connectivity index (χ1) is 10.5. The van der Waals surface area contributed by atoms with Gasteiger partial charge in [0.1, 0.15) is 11.6 Å². The van der Waals surface area contributed by atoms with Gasteiger partial charge < -0.3 is 15.4 Å². The maximum atomic E-state index is 12.8. The molecule has 0 spiro atoms. The predicted molar refractivity (Wildman–Crippen MR) is 81.4 cm³/mol. The van der Waals surface area contributed by atoms with Crippen LogP contribution in [0.5, 0.6) is 5.75 Å². The molecule has 0 bridgehead atoms. The fourth-order valence-electron chi connectivity index (χ4n) is 1.82. The number of amides is 2. The maximum absolute atomic E-state index is 12.8. The van der Waals surface area contributed by atoms with Crippen molar-refractivity contribution >= 4 is 23.2 Å². The zero-order valence-electron chi connectivity index (χ0n) is 12.1. The Morgan fingerprint density at radius 2 is 1.64 bits per heavy atom. The van der Waals surface area contributed by atoms with Gasteiger partial charge in [-0.2, -0.15) is 0 Å². The maximum Gasteiger partial charge on any atom is 0.314 e. The molecule has 0 heterocycles. The van der Waals surface area contributed by atoms with E-state index in [2.05, 4.69) is 10.6 Å². The van der Waals surface area contributed by atoms with Gasteiger partial charge in [-0.25, -0.2) is 4.39 Å². The van der Waals surface area contributed by atoms with E-state index in [4.69, 9.17) is 4.74 Å². The highest BCUT2D eigenvalue weighted by atomic mass is 19.1. The summed E-state index contributed by atoms with van der Waals surface area (Å²) in [5, 5.41) is 4.87. The molecular formula is C16H15FN2O3. The lowest BCUT2D eigenvalue weighted by molar-refractivity contribution is -0.133. The molecule has 0 aliphatic heterocycles. The molecule has 0 unspecified atom stereocenters. The lowest BCUT2D eigenvalue weighted by Crippen LogP contribution is -2.29. The number of benzene rings is 2. The summed E-state index contributed by atoms with van der Waals surface area (Å²) in [5.74, 6) is -1.66. The predicted octanol–water partition coefficient (Wildman–Crippen LogP) is 2.72. The third kappa shape index (κ3) is 3.82. The molecule has 5 nitrogen and oxygen atoms in total. The van der Waals surface area contributed by atoms with E-state index in [0.29, 0.717) is 17.1 Å². The SMILES string of the molecule is COc1ccc(C)cc1NC(=O)C(=O)Nc1ccc(F)cc1. The lowest BCUT2D eigenvalue weighted by Gasteiger charge is -2.11. The number of methoxy groups -OCH3 is 1. The molecule has 22 heavy (non-hydrogen) atoms. The van der Waals surface area contributed by atoms with Crippen LogP contribution >= 0.6 is 0 Å². The molecule has 2 aromatic carbocycles. The fraction of sp³-hybridized carbons (Fsp3) is 0.125. The Labute approximate surface area is 127 Å². The minimum Gasteiger partial charge on any atom is -0.495 e. The van der Waals surface area contributed by atoms with Crippen molar-refractivity contribution < 1.29 is 18.7 Å². The van der Waals surface area contributed by atoms with Crippen molar-refractivity contribution in [1.29, 1.82) is 0 Å². The summed E-state index contributed by atoms with van der Waals surface area (Å²) in [6, 6.07) is 10.3. The summed E-state index contributed by atoms with van der Waals surface area (Å²) in [5.41, 5.74) is 1.65. The molecule has 0 fully saturated rings. The van der Waals surface area contributed by atoms with Crippen molar-refractivity contribution in [3.63, 3.8) is 0 Å². The Balaban J connectivity index is 2.07. The Hall–Kier alpha value is -2.89. The van der Waals surface area contributed by atoms with E-state index in [9.17, 15) is 14.0 Å². The quantitative estimate of drug-likeness (QED) is 0.857. The van der Waals surface area contributed by atoms with Gasteiger partial charge in [-0.3, -0.25) is 9.59 Å². The molecule has 2 amide bonds. The highest BCUT2D eigenvalue weighted by Crippen LogP contribution is 2.25. The first-order valence-electron chi connectivity index (χ1n) is 6.52. The third-order valence-corrected chi connectivity index (χ3v) is 2.91. The summed E-state index contributed by atoms with van der Waals surface area (Å²) >= 11 is 0. The molecule has 0 aromatic heterocycles. The van der Waals surface area contributed by atoms with Gasteiger partial charge in [-0.05, 0) is 48.9 Å². The zero-order valence-corrected chi connectivity index (χ0v) is 12.1. The van der Waals surface area contributed by atoms with E-state index < -0.39 is 17.6 Å². The number of hydrogen-bond donors (Lipinski definition) is 2. The average Bonchev–Trinajstić information content (AvgIpc) is 2.49. The molecule has 0 aliphatic carbocycles. The number of halogens is 1. The van der Waals surface area contributed by atoms with E-state index in [-0.39, 0.29) is 0 Å². The fourth-order valence-corrected chi connectivity index (χ4v) is 1.82. The summed E-state index contributed by atoms with van der Waals surface area (Å²) in [7, 11) is 1.47. The van der Waals surface area contributed by atoms with Crippen LogP contribution in [0.3, 0.4) is 0 Å². The Morgan fingerprint density at radius 3 is 2.27 bits per heavy atom. The summed E-state index contributed by atoms with van der Waals surface area (Å²) in [6.07, 6.45) is 0. The number of ether oxygens (including phenoxy) is 1. The summed E-state index contributed by atoms with van der Waals surface area (Å²) in [4.78, 5) is 23.7. The Morgan fingerprint density at radius 1 is 1.00 bits per heavy atom. The minimum atomic E-state index is -0.852. The molecule has 0 atom stereocenters. The first-order valence-corrected chi connectivity index (χ1v) is 6.52. The highest BCUT2D eigenvalue weighted by molar-refractivity contribution is 6.43. The number of nitrogens with one attached hydrogen (secondary N) is 2. The van der Waals surface area contributed by atoms with Crippen molar-refractivity contribution in [3.8, 4) is 5.75 Å². The van der Waals surface area contributed by atoms with E-state index >= 15 is 0 Å². The van der Waals surface area contributed by atoms with E-state index in [0.717, 1.165) is 5.56 Å². The molecule has 2 aromatic rings. The molecule has 0 aliphatic rings. The summed E-state index contributed by atoms with van der Waals surface area (Å²) in [6.45, 7) is 1.85. The Kier molecular flexibility index (Phi) is 4.73. The van der Waals surface area contributed by atoms with Crippen LogP contribution in [0.25, 0.3) is 0 Å². The Bertz CT molecular complexity index is 699. The van der Waals surface area contributed by atoms with Gasteiger partial charge in [0.05, 0.1) is 12.8 Å². The number of rotatable bonds is 3. The number of carbonyl (C=O) groups excluding carboxylic acids is 2. The molecule has 0 saturated heterocycles. The van der Waals surface area contributed by atoms with Crippen LogP contribution in [0, 0.1) is 12.7 Å². The topological polar surface area (TPSA) is 67.4 Å². The van der Waals surface area contributed by atoms with Crippen molar-refractivity contribution in [3.05, 3.63) is 53.8 Å². The van der Waals surface area contributed by atoms with Gasteiger partial charge in [0.2, 0.25) is 0 Å². The summed E-state index contributed by atoms with van der Waals surface area (Å²) < 4.78 is 17.9. The van der Waals surface area contributed by atoms with Crippen LogP contribution in [0.15, 0.2) is 42.5 Å². The second kappa shape index (κ2) is 6.71. The van der Waals surface area contributed by atoms with Gasteiger partial charge in [-0.1, -0.05) is 6.07 Å². The molecule has 0 saturated carbocycles. The number of aryl methyl sites for hydroxylation is 1. The van der Waals surface area contributed by atoms with Crippen LogP contribution in [-0.2, 0) is 9.59 Å². The van der Waals surface area contributed by atoms with E-state index in [1.807, 2.05) is 13.0 Å². The van der Waals surface area contributed by atoms with Crippen molar-refractivity contribution in [2.24, 2.45) is 0 Å². The smallest absolute Gasteiger partial charge is 0.314 e. The molecule has 0 radical (unpaired) electrons. The number of hydrogen-bond acceptors (Lipinski definition) is 3. The van der Waals surface area contributed by atoms with Crippen molar-refractivity contribution in [2.45, 2.75) is 6.92 Å². The van der Waals surface area contributed by atoms with Crippen molar-refractivity contribution in [1.82, 2.24) is 0 Å². The van der Waals surface area contributed by atoms with E-state index in [1.54, 1.807) is 12.1 Å². The normalized spacial score (nSPS) is 9.95. The van der Waals surface area contributed by atoms with Gasteiger partial charge in [0, 0.05) is 5.69 Å². The zero-order chi connectivity index (χ0) is 16.1. The van der Waals surface area contributed by atoms with E-state index in [1.165, 1.54) is 31.4 Å².